The number of amides is 2. The van der Waals surface area contributed by atoms with Crippen molar-refractivity contribution in [2.75, 3.05) is 11.9 Å². The number of carbonyl (C=O) groups is 2. The van der Waals surface area contributed by atoms with E-state index in [1.807, 2.05) is 0 Å². The van der Waals surface area contributed by atoms with Gasteiger partial charge in [0.15, 0.2) is 5.11 Å². The Morgan fingerprint density at radius 2 is 2.12 bits per heavy atom. The van der Waals surface area contributed by atoms with Crippen LogP contribution >= 0.6 is 12.2 Å². The lowest BCUT2D eigenvalue weighted by atomic mass is 10.3. The van der Waals surface area contributed by atoms with Gasteiger partial charge in [-0.05, 0) is 24.4 Å². The Morgan fingerprint density at radius 3 is 2.73 bits per heavy atom. The van der Waals surface area contributed by atoms with Crippen LogP contribution < -0.4 is 10.6 Å². The first-order valence-corrected chi connectivity index (χ1v) is 7.85. The summed E-state index contributed by atoms with van der Waals surface area (Å²) in [6, 6.07) is 5.48. The molecule has 12 heteroatoms. The highest BCUT2D eigenvalue weighted by Crippen LogP contribution is 2.15. The van der Waals surface area contributed by atoms with Gasteiger partial charge in [0.2, 0.25) is 11.8 Å². The quantitative estimate of drug-likeness (QED) is 0.410. The van der Waals surface area contributed by atoms with Gasteiger partial charge in [0.1, 0.15) is 12.2 Å². The van der Waals surface area contributed by atoms with Crippen molar-refractivity contribution in [1.29, 1.82) is 0 Å². The number of nitrogens with one attached hydrogen (secondary N) is 2. The van der Waals surface area contributed by atoms with Gasteiger partial charge in [-0.1, -0.05) is 5.21 Å². The Balaban J connectivity index is 1.56. The average Bonchev–Trinajstić information content (AvgIpc) is 3.16. The minimum Gasteiger partial charge on any atom is -0.353 e. The standard InChI is InChI=1S/C14H13N7O4S/c22-12(16-9-1-3-11(4-2-9)21(24)25)8-19-6-10(17-18-19)7-20-13(23)5-15-14(20)26/h1-4,6H,5,7-8H2,(H,15,26)(H,16,22). The lowest BCUT2D eigenvalue weighted by Crippen LogP contribution is -2.30. The van der Waals surface area contributed by atoms with E-state index < -0.39 is 4.92 Å². The van der Waals surface area contributed by atoms with Crippen molar-refractivity contribution >= 4 is 40.5 Å². The van der Waals surface area contributed by atoms with E-state index in [9.17, 15) is 19.7 Å². The van der Waals surface area contributed by atoms with Gasteiger partial charge in [0, 0.05) is 17.8 Å². The highest BCUT2D eigenvalue weighted by Gasteiger charge is 2.26. The molecule has 0 bridgehead atoms. The van der Waals surface area contributed by atoms with Gasteiger partial charge in [-0.3, -0.25) is 24.6 Å². The number of benzene rings is 1. The maximum absolute atomic E-state index is 12.0. The Kier molecular flexibility index (Phi) is 4.84. The second-order valence-corrected chi connectivity index (χ2v) is 5.78. The smallest absolute Gasteiger partial charge is 0.269 e. The third kappa shape index (κ3) is 3.97. The first-order chi connectivity index (χ1) is 12.4. The summed E-state index contributed by atoms with van der Waals surface area (Å²) in [5.41, 5.74) is 0.861. The number of nitrogens with zero attached hydrogens (tertiary/aromatic N) is 5. The number of hydrogen-bond acceptors (Lipinski definition) is 7. The van der Waals surface area contributed by atoms with E-state index in [0.717, 1.165) is 0 Å². The van der Waals surface area contributed by atoms with E-state index in [1.165, 1.54) is 33.8 Å². The summed E-state index contributed by atoms with van der Waals surface area (Å²) < 4.78 is 1.33. The predicted molar refractivity (Wildman–Crippen MR) is 92.9 cm³/mol. The van der Waals surface area contributed by atoms with Crippen LogP contribution in [0.15, 0.2) is 30.5 Å². The Hall–Kier alpha value is -3.41. The van der Waals surface area contributed by atoms with Gasteiger partial charge >= 0.3 is 0 Å². The zero-order chi connectivity index (χ0) is 18.7. The summed E-state index contributed by atoms with van der Waals surface area (Å²) >= 11 is 5.02. The van der Waals surface area contributed by atoms with Crippen LogP contribution in [0, 0.1) is 10.1 Å². The topological polar surface area (TPSA) is 135 Å². The molecule has 0 spiro atoms. The molecular weight excluding hydrogens is 362 g/mol. The van der Waals surface area contributed by atoms with Gasteiger partial charge in [-0.15, -0.1) is 5.10 Å². The summed E-state index contributed by atoms with van der Waals surface area (Å²) in [7, 11) is 0. The fraction of sp³-hybridized carbons (Fsp3) is 0.214. The third-order valence-corrected chi connectivity index (χ3v) is 3.88. The summed E-state index contributed by atoms with van der Waals surface area (Å²) in [6.07, 6.45) is 1.55. The summed E-state index contributed by atoms with van der Waals surface area (Å²) in [6.45, 7) is 0.236. The molecule has 0 atom stereocenters. The normalized spacial score (nSPS) is 13.6. The Bertz CT molecular complexity index is 864. The number of nitro groups is 1. The van der Waals surface area contributed by atoms with Crippen molar-refractivity contribution in [3.63, 3.8) is 0 Å². The van der Waals surface area contributed by atoms with E-state index in [-0.39, 0.29) is 37.1 Å². The fourth-order valence-electron chi connectivity index (χ4n) is 2.28. The van der Waals surface area contributed by atoms with E-state index >= 15 is 0 Å². The molecule has 1 aromatic heterocycles. The molecule has 1 aliphatic rings. The molecule has 0 aliphatic carbocycles. The van der Waals surface area contributed by atoms with Gasteiger partial charge in [0.25, 0.3) is 5.69 Å². The van der Waals surface area contributed by atoms with Crippen molar-refractivity contribution in [3.05, 3.63) is 46.3 Å². The number of rotatable bonds is 6. The van der Waals surface area contributed by atoms with Crippen molar-refractivity contribution in [2.45, 2.75) is 13.1 Å². The zero-order valence-electron chi connectivity index (χ0n) is 13.3. The molecule has 1 fully saturated rings. The predicted octanol–water partition coefficient (Wildman–Crippen LogP) is 0.0417. The second-order valence-electron chi connectivity index (χ2n) is 5.40. The SMILES string of the molecule is O=C(Cn1cc(CN2C(=O)CNC2=S)nn1)Nc1ccc([N+](=O)[O-])cc1. The van der Waals surface area contributed by atoms with Crippen molar-refractivity contribution < 1.29 is 14.5 Å². The third-order valence-electron chi connectivity index (χ3n) is 3.51. The minimum absolute atomic E-state index is 0.0622. The summed E-state index contributed by atoms with van der Waals surface area (Å²) in [4.78, 5) is 35.1. The van der Waals surface area contributed by atoms with E-state index in [1.54, 1.807) is 6.20 Å². The van der Waals surface area contributed by atoms with E-state index in [0.29, 0.717) is 16.5 Å². The van der Waals surface area contributed by atoms with Gasteiger partial charge in [-0.25, -0.2) is 4.68 Å². The van der Waals surface area contributed by atoms with E-state index in [4.69, 9.17) is 12.2 Å². The lowest BCUT2D eigenvalue weighted by molar-refractivity contribution is -0.384. The highest BCUT2D eigenvalue weighted by atomic mass is 32.1. The summed E-state index contributed by atoms with van der Waals surface area (Å²) in [5, 5.41) is 24.1. The monoisotopic (exact) mass is 375 g/mol. The molecule has 2 amide bonds. The molecule has 1 aromatic carbocycles. The molecule has 134 valence electrons. The van der Waals surface area contributed by atoms with Crippen molar-refractivity contribution in [1.82, 2.24) is 25.2 Å². The molecular formula is C14H13N7O4S. The van der Waals surface area contributed by atoms with Crippen molar-refractivity contribution in [3.8, 4) is 0 Å². The maximum Gasteiger partial charge on any atom is 0.269 e. The van der Waals surface area contributed by atoms with Crippen LogP contribution in [-0.4, -0.2) is 48.3 Å². The molecule has 1 aliphatic heterocycles. The molecule has 26 heavy (non-hydrogen) atoms. The molecule has 11 nitrogen and oxygen atoms in total. The average molecular weight is 375 g/mol. The first-order valence-electron chi connectivity index (χ1n) is 7.44. The summed E-state index contributed by atoms with van der Waals surface area (Å²) in [5.74, 6) is -0.523. The largest absolute Gasteiger partial charge is 0.353 e. The second kappa shape index (κ2) is 7.23. The molecule has 0 saturated carbocycles. The van der Waals surface area contributed by atoms with Gasteiger partial charge in [0.05, 0.1) is 24.2 Å². The molecule has 0 unspecified atom stereocenters. The highest BCUT2D eigenvalue weighted by molar-refractivity contribution is 7.80. The number of aromatic nitrogens is 3. The van der Waals surface area contributed by atoms with Crippen LogP contribution in [0.3, 0.4) is 0 Å². The number of non-ortho nitro benzene ring substituents is 1. The van der Waals surface area contributed by atoms with Crippen LogP contribution in [0.25, 0.3) is 0 Å². The van der Waals surface area contributed by atoms with E-state index in [2.05, 4.69) is 20.9 Å². The fourth-order valence-corrected chi connectivity index (χ4v) is 2.52. The minimum atomic E-state index is -0.519. The number of thiocarbonyl (C=S) groups is 1. The molecule has 2 N–H and O–H groups in total. The number of carbonyl (C=O) groups excluding carboxylic acids is 2. The van der Waals surface area contributed by atoms with Gasteiger partial charge in [-0.2, -0.15) is 0 Å². The molecule has 1 saturated heterocycles. The lowest BCUT2D eigenvalue weighted by Gasteiger charge is -2.11. The Labute approximate surface area is 152 Å². The first kappa shape index (κ1) is 17.4. The Morgan fingerprint density at radius 1 is 1.38 bits per heavy atom. The van der Waals surface area contributed by atoms with Crippen LogP contribution in [0.1, 0.15) is 5.69 Å². The van der Waals surface area contributed by atoms with Crippen LogP contribution in [0.2, 0.25) is 0 Å². The molecule has 2 heterocycles. The number of hydrogen-bond donors (Lipinski definition) is 2. The number of anilines is 1. The molecule has 3 rings (SSSR count). The van der Waals surface area contributed by atoms with Crippen molar-refractivity contribution in [2.24, 2.45) is 0 Å². The van der Waals surface area contributed by atoms with Gasteiger partial charge < -0.3 is 10.6 Å². The zero-order valence-corrected chi connectivity index (χ0v) is 14.1. The van der Waals surface area contributed by atoms with Crippen LogP contribution in [-0.2, 0) is 22.7 Å². The van der Waals surface area contributed by atoms with Crippen LogP contribution in [0.4, 0.5) is 11.4 Å². The van der Waals surface area contributed by atoms with Crippen LogP contribution in [0.5, 0.6) is 0 Å². The number of nitro benzene ring substituents is 1. The maximum atomic E-state index is 12.0. The molecule has 0 radical (unpaired) electrons. The molecule has 2 aromatic rings.